The van der Waals surface area contributed by atoms with Crippen molar-refractivity contribution in [3.8, 4) is 0 Å². The van der Waals surface area contributed by atoms with Crippen molar-refractivity contribution in [1.29, 1.82) is 0 Å². The lowest BCUT2D eigenvalue weighted by atomic mass is 9.78. The van der Waals surface area contributed by atoms with Crippen LogP contribution in [0, 0.1) is 5.92 Å². The molecule has 2 nitrogen and oxygen atoms in total. The summed E-state index contributed by atoms with van der Waals surface area (Å²) in [4.78, 5) is 4.98. The van der Waals surface area contributed by atoms with Crippen LogP contribution in [0.1, 0.15) is 64.7 Å². The summed E-state index contributed by atoms with van der Waals surface area (Å²) in [5.41, 5.74) is 0.399. The summed E-state index contributed by atoms with van der Waals surface area (Å²) in [6.07, 6.45) is 12.3. The van der Waals surface area contributed by atoms with E-state index in [-0.39, 0.29) is 0 Å². The fourth-order valence-electron chi connectivity index (χ4n) is 3.86. The number of thioether (sulfide) groups is 1. The first-order valence-electron chi connectivity index (χ1n) is 7.75. The summed E-state index contributed by atoms with van der Waals surface area (Å²) in [6, 6.07) is 0.616. The van der Waals surface area contributed by atoms with E-state index < -0.39 is 0 Å². The van der Waals surface area contributed by atoms with Crippen molar-refractivity contribution in [3.63, 3.8) is 0 Å². The fraction of sp³-hybridized carbons (Fsp3) is 0.933. The predicted molar refractivity (Wildman–Crippen MR) is 80.3 cm³/mol. The molecule has 0 aromatic carbocycles. The highest BCUT2D eigenvalue weighted by Crippen LogP contribution is 2.39. The van der Waals surface area contributed by atoms with Crippen molar-refractivity contribution >= 4 is 16.9 Å². The van der Waals surface area contributed by atoms with Gasteiger partial charge in [0.2, 0.25) is 0 Å². The Morgan fingerprint density at radius 2 is 2.00 bits per heavy atom. The molecule has 0 aromatic rings. The molecule has 0 aromatic heterocycles. The normalized spacial score (nSPS) is 40.3. The van der Waals surface area contributed by atoms with E-state index in [9.17, 15) is 0 Å². The Balaban J connectivity index is 1.61. The smallest absolute Gasteiger partial charge is 0.157 e. The van der Waals surface area contributed by atoms with E-state index in [2.05, 4.69) is 12.2 Å². The minimum Gasteiger partial charge on any atom is -0.359 e. The molecule has 3 aliphatic rings. The van der Waals surface area contributed by atoms with Crippen molar-refractivity contribution in [3.05, 3.63) is 0 Å². The number of rotatable bonds is 1. The third-order valence-corrected chi connectivity index (χ3v) is 6.00. The van der Waals surface area contributed by atoms with Crippen LogP contribution in [0.3, 0.4) is 0 Å². The first-order chi connectivity index (χ1) is 8.76. The van der Waals surface area contributed by atoms with Crippen LogP contribution in [-0.4, -0.2) is 22.5 Å². The summed E-state index contributed by atoms with van der Waals surface area (Å²) in [6.45, 7) is 2.41. The monoisotopic (exact) mass is 266 g/mol. The molecule has 1 spiro atoms. The van der Waals surface area contributed by atoms with Crippen molar-refractivity contribution in [1.82, 2.24) is 5.32 Å². The van der Waals surface area contributed by atoms with E-state index in [0.29, 0.717) is 11.6 Å². The number of hydrogen-bond donors (Lipinski definition) is 1. The van der Waals surface area contributed by atoms with Gasteiger partial charge in [0.1, 0.15) is 0 Å². The molecule has 3 rings (SSSR count). The molecular weight excluding hydrogens is 240 g/mol. The first kappa shape index (κ1) is 12.8. The first-order valence-corrected chi connectivity index (χ1v) is 8.73. The summed E-state index contributed by atoms with van der Waals surface area (Å²) < 4.78 is 0. The molecule has 1 aliphatic heterocycles. The van der Waals surface area contributed by atoms with E-state index in [1.807, 2.05) is 11.8 Å². The van der Waals surface area contributed by atoms with Gasteiger partial charge in [0.05, 0.1) is 6.04 Å². The summed E-state index contributed by atoms with van der Waals surface area (Å²) >= 11 is 1.98. The molecule has 3 heteroatoms. The molecule has 3 fully saturated rings. The maximum atomic E-state index is 4.98. The van der Waals surface area contributed by atoms with E-state index in [1.54, 1.807) is 0 Å². The van der Waals surface area contributed by atoms with Crippen molar-refractivity contribution in [2.45, 2.75) is 76.3 Å². The predicted octanol–water partition coefficient (Wildman–Crippen LogP) is 3.96. The fourth-order valence-corrected chi connectivity index (χ4v) is 5.12. The van der Waals surface area contributed by atoms with Crippen LogP contribution in [0.25, 0.3) is 0 Å². The van der Waals surface area contributed by atoms with Crippen molar-refractivity contribution in [2.75, 3.05) is 5.75 Å². The lowest BCUT2D eigenvalue weighted by Gasteiger charge is -2.36. The Bertz CT molecular complexity index is 322. The largest absolute Gasteiger partial charge is 0.359 e. The van der Waals surface area contributed by atoms with Crippen LogP contribution in [0.5, 0.6) is 0 Å². The lowest BCUT2D eigenvalue weighted by molar-refractivity contribution is 0.242. The van der Waals surface area contributed by atoms with Gasteiger partial charge in [-0.05, 0) is 31.6 Å². The number of hydrogen-bond acceptors (Lipinski definition) is 2. The Kier molecular flexibility index (Phi) is 3.88. The number of aliphatic imine (C=N–C) groups is 1. The van der Waals surface area contributed by atoms with Gasteiger partial charge in [-0.1, -0.05) is 50.8 Å². The molecule has 102 valence electrons. The SMILES string of the molecule is CC1CCCC2(CSC(=NC3CCCCC3)N2)C1. The van der Waals surface area contributed by atoms with Crippen molar-refractivity contribution in [2.24, 2.45) is 10.9 Å². The van der Waals surface area contributed by atoms with Crippen LogP contribution >= 0.6 is 11.8 Å². The molecule has 2 unspecified atom stereocenters. The molecule has 0 amide bonds. The lowest BCUT2D eigenvalue weighted by Crippen LogP contribution is -2.47. The average Bonchev–Trinajstić information content (AvgIpc) is 2.73. The van der Waals surface area contributed by atoms with E-state index in [4.69, 9.17) is 4.99 Å². The summed E-state index contributed by atoms with van der Waals surface area (Å²) in [7, 11) is 0. The van der Waals surface area contributed by atoms with Crippen LogP contribution in [-0.2, 0) is 0 Å². The molecule has 0 radical (unpaired) electrons. The minimum absolute atomic E-state index is 0.399. The van der Waals surface area contributed by atoms with Crippen LogP contribution in [0.15, 0.2) is 4.99 Å². The number of nitrogens with one attached hydrogen (secondary N) is 1. The maximum absolute atomic E-state index is 4.98. The highest BCUT2D eigenvalue weighted by Gasteiger charge is 2.40. The summed E-state index contributed by atoms with van der Waals surface area (Å²) in [5, 5.41) is 5.06. The van der Waals surface area contributed by atoms with Gasteiger partial charge in [-0.25, -0.2) is 0 Å². The van der Waals surface area contributed by atoms with Gasteiger partial charge in [0.15, 0.2) is 5.17 Å². The Morgan fingerprint density at radius 3 is 2.78 bits per heavy atom. The third-order valence-electron chi connectivity index (χ3n) is 4.82. The number of amidine groups is 1. The molecule has 1 heterocycles. The van der Waals surface area contributed by atoms with E-state index in [1.165, 1.54) is 68.7 Å². The molecule has 18 heavy (non-hydrogen) atoms. The molecule has 2 atom stereocenters. The van der Waals surface area contributed by atoms with Gasteiger partial charge in [-0.15, -0.1) is 0 Å². The molecule has 0 bridgehead atoms. The summed E-state index contributed by atoms with van der Waals surface area (Å²) in [5.74, 6) is 2.14. The molecule has 1 N–H and O–H groups in total. The molecule has 2 aliphatic carbocycles. The average molecular weight is 266 g/mol. The standard InChI is InChI=1S/C15H26N2S/c1-12-6-5-9-15(10-12)11-18-14(17-15)16-13-7-3-2-4-8-13/h12-13H,2-11H2,1H3,(H,16,17). The van der Waals surface area contributed by atoms with Gasteiger partial charge in [0, 0.05) is 11.3 Å². The zero-order chi connectivity index (χ0) is 12.4. The highest BCUT2D eigenvalue weighted by molar-refractivity contribution is 8.14. The zero-order valence-electron chi connectivity index (χ0n) is 11.6. The van der Waals surface area contributed by atoms with Gasteiger partial charge in [-0.3, -0.25) is 4.99 Å². The Labute approximate surface area is 115 Å². The van der Waals surface area contributed by atoms with Crippen LogP contribution in [0.2, 0.25) is 0 Å². The van der Waals surface area contributed by atoms with Crippen molar-refractivity contribution < 1.29 is 0 Å². The van der Waals surface area contributed by atoms with E-state index in [0.717, 1.165) is 5.92 Å². The Morgan fingerprint density at radius 1 is 1.17 bits per heavy atom. The third kappa shape index (κ3) is 2.87. The Hall–Kier alpha value is -0.180. The van der Waals surface area contributed by atoms with Gasteiger partial charge in [0.25, 0.3) is 0 Å². The second-order valence-electron chi connectivity index (χ2n) is 6.62. The zero-order valence-corrected chi connectivity index (χ0v) is 12.4. The second kappa shape index (κ2) is 5.44. The van der Waals surface area contributed by atoms with Gasteiger partial charge >= 0.3 is 0 Å². The van der Waals surface area contributed by atoms with Gasteiger partial charge in [-0.2, -0.15) is 0 Å². The number of nitrogens with zero attached hydrogens (tertiary/aromatic N) is 1. The van der Waals surface area contributed by atoms with Gasteiger partial charge < -0.3 is 5.32 Å². The quantitative estimate of drug-likeness (QED) is 0.777. The van der Waals surface area contributed by atoms with E-state index >= 15 is 0 Å². The molecular formula is C15H26N2S. The maximum Gasteiger partial charge on any atom is 0.157 e. The van der Waals surface area contributed by atoms with Crippen LogP contribution < -0.4 is 5.32 Å². The van der Waals surface area contributed by atoms with Crippen LogP contribution in [0.4, 0.5) is 0 Å². The second-order valence-corrected chi connectivity index (χ2v) is 7.59. The topological polar surface area (TPSA) is 24.4 Å². The molecule has 1 saturated heterocycles. The highest BCUT2D eigenvalue weighted by atomic mass is 32.2. The minimum atomic E-state index is 0.399. The molecule has 2 saturated carbocycles.